The van der Waals surface area contributed by atoms with Gasteiger partial charge < -0.3 is 8.98 Å². The van der Waals surface area contributed by atoms with Crippen molar-refractivity contribution in [2.24, 2.45) is 0 Å². The smallest absolute Gasteiger partial charge is 0.235 e. The van der Waals surface area contributed by atoms with Crippen molar-refractivity contribution in [2.75, 3.05) is 0 Å². The van der Waals surface area contributed by atoms with E-state index in [-0.39, 0.29) is 0 Å². The van der Waals surface area contributed by atoms with Gasteiger partial charge in [0.2, 0.25) is 5.95 Å². The number of para-hydroxylation sites is 5. The van der Waals surface area contributed by atoms with Crippen molar-refractivity contribution in [3.8, 4) is 22.9 Å². The summed E-state index contributed by atoms with van der Waals surface area (Å²) in [5, 5.41) is 10.5. The Bertz CT molecular complexity index is 3770. The summed E-state index contributed by atoms with van der Waals surface area (Å²) in [6.07, 6.45) is 0. The molecule has 0 bridgehead atoms. The van der Waals surface area contributed by atoms with E-state index in [1.54, 1.807) is 0 Å². The van der Waals surface area contributed by atoms with Gasteiger partial charge in [0, 0.05) is 64.4 Å². The van der Waals surface area contributed by atoms with Crippen LogP contribution in [0.2, 0.25) is 0 Å². The summed E-state index contributed by atoms with van der Waals surface area (Å²) in [4.78, 5) is 10.9. The largest absolute Gasteiger partial charge is 0.456 e. The molecule has 0 aliphatic heterocycles. The molecule has 13 rings (SSSR count). The van der Waals surface area contributed by atoms with Crippen molar-refractivity contribution in [3.63, 3.8) is 0 Å². The predicted molar refractivity (Wildman–Crippen MR) is 234 cm³/mol. The van der Waals surface area contributed by atoms with Crippen molar-refractivity contribution >= 4 is 108 Å². The molecule has 8 aromatic carbocycles. The van der Waals surface area contributed by atoms with Crippen molar-refractivity contribution in [3.05, 3.63) is 170 Å². The highest BCUT2D eigenvalue weighted by Gasteiger charge is 2.27. The normalized spacial score (nSPS) is 12.3. The van der Waals surface area contributed by atoms with E-state index in [0.29, 0.717) is 5.95 Å². The summed E-state index contributed by atoms with van der Waals surface area (Å²) in [5.41, 5.74) is 10.2. The molecule has 0 unspecified atom stereocenters. The molecule has 13 aromatic rings. The Kier molecular flexibility index (Phi) is 5.98. The molecule has 0 radical (unpaired) electrons. The first-order chi connectivity index (χ1) is 27.8. The molecule has 5 heterocycles. The fourth-order valence-corrected chi connectivity index (χ4v) is 10.4. The molecule has 0 saturated carbocycles. The maximum atomic E-state index is 6.38. The maximum absolute atomic E-state index is 6.38. The molecule has 0 atom stereocenters. The molecule has 0 aliphatic rings. The molecule has 5 aromatic heterocycles. The lowest BCUT2D eigenvalue weighted by Gasteiger charge is -2.13. The Labute approximate surface area is 322 Å². The lowest BCUT2D eigenvalue weighted by Crippen LogP contribution is -2.03. The van der Waals surface area contributed by atoms with Gasteiger partial charge in [-0.25, -0.2) is 9.97 Å². The van der Waals surface area contributed by atoms with Crippen molar-refractivity contribution < 1.29 is 4.42 Å². The second-order valence-electron chi connectivity index (χ2n) is 14.5. The van der Waals surface area contributed by atoms with Crippen LogP contribution in [0.25, 0.3) is 120 Å². The number of hydrogen-bond acceptors (Lipinski definition) is 4. The average molecular weight is 733 g/mol. The summed E-state index contributed by atoms with van der Waals surface area (Å²) in [5.74, 6) is 0.638. The maximum Gasteiger partial charge on any atom is 0.235 e. The zero-order chi connectivity index (χ0) is 36.5. The van der Waals surface area contributed by atoms with E-state index in [4.69, 9.17) is 14.4 Å². The summed E-state index contributed by atoms with van der Waals surface area (Å²) in [6.45, 7) is 0. The lowest BCUT2D eigenvalue weighted by molar-refractivity contribution is 0.669. The molecule has 0 amide bonds. The first kappa shape index (κ1) is 30.1. The summed E-state index contributed by atoms with van der Waals surface area (Å²) in [6, 6.07) is 60.2. The van der Waals surface area contributed by atoms with Crippen LogP contribution in [0.15, 0.2) is 174 Å². The van der Waals surface area contributed by atoms with Crippen LogP contribution in [-0.4, -0.2) is 19.1 Å². The van der Waals surface area contributed by atoms with Crippen molar-refractivity contribution in [2.45, 2.75) is 0 Å². The molecule has 0 aliphatic carbocycles. The van der Waals surface area contributed by atoms with E-state index in [2.05, 4.69) is 167 Å². The zero-order valence-corrected chi connectivity index (χ0v) is 30.6. The van der Waals surface area contributed by atoms with E-state index in [0.717, 1.165) is 60.8 Å². The fourth-order valence-electron chi connectivity index (χ4n) is 9.20. The van der Waals surface area contributed by atoms with Crippen LogP contribution in [0.5, 0.6) is 0 Å². The Morgan fingerprint density at radius 2 is 1.07 bits per heavy atom. The molecule has 0 fully saturated rings. The topological polar surface area (TPSA) is 48.8 Å². The lowest BCUT2D eigenvalue weighted by atomic mass is 10.0. The Morgan fingerprint density at radius 1 is 0.446 bits per heavy atom. The number of fused-ring (bicyclic) bond motifs is 16. The van der Waals surface area contributed by atoms with E-state index < -0.39 is 0 Å². The number of hydrogen-bond donors (Lipinski definition) is 0. The number of rotatable bonds is 3. The van der Waals surface area contributed by atoms with Gasteiger partial charge in [0.1, 0.15) is 11.2 Å². The minimum absolute atomic E-state index is 0.638. The number of nitrogens with zero attached hydrogens (tertiary/aromatic N) is 4. The third-order valence-corrected chi connectivity index (χ3v) is 12.7. The van der Waals surface area contributed by atoms with E-state index >= 15 is 0 Å². The number of thiophene rings is 1. The first-order valence-corrected chi connectivity index (χ1v) is 19.7. The third-order valence-electron chi connectivity index (χ3n) is 11.5. The van der Waals surface area contributed by atoms with Gasteiger partial charge in [0.15, 0.2) is 0 Å². The number of benzene rings is 8. The quantitative estimate of drug-likeness (QED) is 0.182. The first-order valence-electron chi connectivity index (χ1n) is 18.8. The molecular weight excluding hydrogens is 705 g/mol. The molecule has 0 saturated heterocycles. The van der Waals surface area contributed by atoms with Crippen LogP contribution in [0.1, 0.15) is 0 Å². The fraction of sp³-hybridized carbons (Fsp3) is 0. The predicted octanol–water partition coefficient (Wildman–Crippen LogP) is 13.8. The molecular formula is C50H28N4OS. The summed E-state index contributed by atoms with van der Waals surface area (Å²) < 4.78 is 13.6. The Hall–Kier alpha value is -7.28. The van der Waals surface area contributed by atoms with Crippen LogP contribution in [-0.2, 0) is 0 Å². The van der Waals surface area contributed by atoms with Gasteiger partial charge in [0.05, 0.1) is 38.0 Å². The van der Waals surface area contributed by atoms with Crippen LogP contribution in [0.4, 0.5) is 0 Å². The van der Waals surface area contributed by atoms with Crippen LogP contribution < -0.4 is 0 Å². The van der Waals surface area contributed by atoms with Gasteiger partial charge in [-0.05, 0) is 54.6 Å². The van der Waals surface area contributed by atoms with Crippen LogP contribution in [0.3, 0.4) is 0 Å². The van der Waals surface area contributed by atoms with Crippen molar-refractivity contribution in [1.82, 2.24) is 19.1 Å². The second kappa shape index (κ2) is 11.1. The Balaban J connectivity index is 1.22. The van der Waals surface area contributed by atoms with E-state index in [9.17, 15) is 0 Å². The van der Waals surface area contributed by atoms with E-state index in [1.807, 2.05) is 23.5 Å². The number of aromatic nitrogens is 4. The Morgan fingerprint density at radius 3 is 1.89 bits per heavy atom. The van der Waals surface area contributed by atoms with Gasteiger partial charge in [-0.15, -0.1) is 11.3 Å². The molecule has 6 heteroatoms. The minimum Gasteiger partial charge on any atom is -0.456 e. The number of furan rings is 1. The highest BCUT2D eigenvalue weighted by molar-refractivity contribution is 7.27. The van der Waals surface area contributed by atoms with Gasteiger partial charge in [-0.3, -0.25) is 4.57 Å². The highest BCUT2D eigenvalue weighted by atomic mass is 32.1. The summed E-state index contributed by atoms with van der Waals surface area (Å²) in [7, 11) is 0. The monoisotopic (exact) mass is 732 g/mol. The van der Waals surface area contributed by atoms with Crippen molar-refractivity contribution in [1.29, 1.82) is 0 Å². The molecule has 260 valence electrons. The van der Waals surface area contributed by atoms with Gasteiger partial charge in [0.25, 0.3) is 0 Å². The zero-order valence-electron chi connectivity index (χ0n) is 29.8. The molecule has 0 spiro atoms. The van der Waals surface area contributed by atoms with Gasteiger partial charge in [-0.2, -0.15) is 0 Å². The van der Waals surface area contributed by atoms with Gasteiger partial charge in [-0.1, -0.05) is 115 Å². The summed E-state index contributed by atoms with van der Waals surface area (Å²) >= 11 is 1.85. The van der Waals surface area contributed by atoms with E-state index in [1.165, 1.54) is 52.8 Å². The average Bonchev–Trinajstić information content (AvgIpc) is 4.01. The molecule has 0 N–H and O–H groups in total. The van der Waals surface area contributed by atoms with Crippen LogP contribution in [0, 0.1) is 0 Å². The third kappa shape index (κ3) is 3.98. The van der Waals surface area contributed by atoms with Crippen LogP contribution >= 0.6 is 11.3 Å². The highest BCUT2D eigenvalue weighted by Crippen LogP contribution is 2.51. The van der Waals surface area contributed by atoms with Gasteiger partial charge >= 0.3 is 0 Å². The molecule has 5 nitrogen and oxygen atoms in total. The SMILES string of the molecule is c1ccc(-n2c3ccccc3c3c4c5ccccc5n(-c5nc(-c6ccc7c(c6)oc6ccccc67)c6ccccc6n5)c4c4sc5ccccc5c4c32)cc1. The standard InChI is InChI=1S/C50H28N4OS/c1-2-14-30(15-3-1)53-38-22-10-5-18-34(38)43-44-35-19-6-11-23-39(35)54(48(44)49-45(47(43)53)36-20-8-13-25-42(36)56-49)50-51-37-21-9-4-17-33(37)46(52-50)29-26-27-32-31-16-7-12-24-40(31)55-41(32)28-29/h1-28H. The minimum atomic E-state index is 0.638. The second-order valence-corrected chi connectivity index (χ2v) is 15.5. The molecule has 56 heavy (non-hydrogen) atoms.